The maximum absolute atomic E-state index is 14.2. The van der Waals surface area contributed by atoms with E-state index in [1.807, 2.05) is 12.1 Å². The highest BCUT2D eigenvalue weighted by atomic mass is 19.3. The van der Waals surface area contributed by atoms with Crippen LogP contribution in [0.15, 0.2) is 30.6 Å². The molecule has 7 heteroatoms. The fourth-order valence-corrected chi connectivity index (χ4v) is 3.20. The minimum Gasteiger partial charge on any atom is -0.381 e. The zero-order valence-electron chi connectivity index (χ0n) is 13.9. The van der Waals surface area contributed by atoms with E-state index in [9.17, 15) is 13.6 Å². The van der Waals surface area contributed by atoms with Gasteiger partial charge in [0.1, 0.15) is 11.3 Å². The van der Waals surface area contributed by atoms with Gasteiger partial charge in [0.25, 0.3) is 11.8 Å². The maximum Gasteiger partial charge on any atom is 0.274 e. The highest BCUT2D eigenvalue weighted by molar-refractivity contribution is 5.93. The van der Waals surface area contributed by atoms with Crippen LogP contribution in [-0.2, 0) is 4.74 Å². The number of fused-ring (bicyclic) bond motifs is 1. The van der Waals surface area contributed by atoms with Crippen molar-refractivity contribution in [2.24, 2.45) is 11.8 Å². The third kappa shape index (κ3) is 3.51. The van der Waals surface area contributed by atoms with Crippen molar-refractivity contribution in [1.82, 2.24) is 14.3 Å². The van der Waals surface area contributed by atoms with Crippen LogP contribution < -0.4 is 0 Å². The molecule has 25 heavy (non-hydrogen) atoms. The lowest BCUT2D eigenvalue weighted by atomic mass is 9.94. The average Bonchev–Trinajstić information content (AvgIpc) is 3.31. The number of carbonyl (C=O) groups excluding carboxylic acids is 1. The second kappa shape index (κ2) is 6.37. The van der Waals surface area contributed by atoms with Gasteiger partial charge in [-0.3, -0.25) is 4.79 Å². The van der Waals surface area contributed by atoms with Crippen molar-refractivity contribution < 1.29 is 18.3 Å². The predicted molar refractivity (Wildman–Crippen MR) is 87.7 cm³/mol. The average molecular weight is 349 g/mol. The number of ether oxygens (including phenoxy) is 1. The molecule has 2 aliphatic rings. The number of piperidine rings is 1. The molecular formula is C18H21F2N3O2. The Balaban J connectivity index is 1.44. The summed E-state index contributed by atoms with van der Waals surface area (Å²) in [6.07, 6.45) is 5.36. The molecule has 1 aliphatic carbocycles. The SMILES string of the molecule is O=C(c1cn2ccccc2n1)N1CCC(F)(F)C(COCC2CC2)C1. The largest absolute Gasteiger partial charge is 0.381 e. The molecule has 3 heterocycles. The first-order valence-corrected chi connectivity index (χ1v) is 8.71. The van der Waals surface area contributed by atoms with Crippen LogP contribution in [0.25, 0.3) is 5.65 Å². The monoisotopic (exact) mass is 349 g/mol. The molecule has 1 amide bonds. The molecule has 1 aliphatic heterocycles. The quantitative estimate of drug-likeness (QED) is 0.834. The van der Waals surface area contributed by atoms with Crippen LogP contribution in [0.2, 0.25) is 0 Å². The van der Waals surface area contributed by atoms with Gasteiger partial charge in [-0.25, -0.2) is 13.8 Å². The number of amides is 1. The van der Waals surface area contributed by atoms with E-state index in [4.69, 9.17) is 4.74 Å². The molecule has 5 nitrogen and oxygen atoms in total. The van der Waals surface area contributed by atoms with Crippen LogP contribution in [0.1, 0.15) is 29.8 Å². The summed E-state index contributed by atoms with van der Waals surface area (Å²) >= 11 is 0. The van der Waals surface area contributed by atoms with Crippen molar-refractivity contribution in [2.75, 3.05) is 26.3 Å². The lowest BCUT2D eigenvalue weighted by Crippen LogP contribution is -2.51. The van der Waals surface area contributed by atoms with Crippen LogP contribution in [0.5, 0.6) is 0 Å². The fourth-order valence-electron chi connectivity index (χ4n) is 3.20. The molecule has 0 spiro atoms. The van der Waals surface area contributed by atoms with Gasteiger partial charge in [0, 0.05) is 38.5 Å². The molecule has 0 aromatic carbocycles. The van der Waals surface area contributed by atoms with Gasteiger partial charge in [-0.2, -0.15) is 0 Å². The van der Waals surface area contributed by atoms with Crippen molar-refractivity contribution in [3.05, 3.63) is 36.3 Å². The molecule has 1 saturated carbocycles. The van der Waals surface area contributed by atoms with Gasteiger partial charge in [0.05, 0.1) is 12.5 Å². The first kappa shape index (κ1) is 16.4. The molecule has 0 N–H and O–H groups in total. The Labute approximate surface area is 144 Å². The second-order valence-corrected chi connectivity index (χ2v) is 7.03. The van der Waals surface area contributed by atoms with E-state index in [0.717, 1.165) is 12.8 Å². The smallest absolute Gasteiger partial charge is 0.274 e. The summed E-state index contributed by atoms with van der Waals surface area (Å²) in [5.74, 6) is -3.51. The van der Waals surface area contributed by atoms with Crippen LogP contribution in [0.4, 0.5) is 8.78 Å². The van der Waals surface area contributed by atoms with E-state index in [0.29, 0.717) is 18.2 Å². The number of rotatable bonds is 5. The van der Waals surface area contributed by atoms with Crippen molar-refractivity contribution in [2.45, 2.75) is 25.2 Å². The summed E-state index contributed by atoms with van der Waals surface area (Å²) in [7, 11) is 0. The molecule has 134 valence electrons. The zero-order chi connectivity index (χ0) is 17.4. The Morgan fingerprint density at radius 2 is 2.16 bits per heavy atom. The summed E-state index contributed by atoms with van der Waals surface area (Å²) in [6, 6.07) is 5.48. The Kier molecular flexibility index (Phi) is 4.19. The van der Waals surface area contributed by atoms with Gasteiger partial charge in [0.15, 0.2) is 0 Å². The van der Waals surface area contributed by atoms with Gasteiger partial charge in [0.2, 0.25) is 0 Å². The van der Waals surface area contributed by atoms with Crippen molar-refractivity contribution in [1.29, 1.82) is 0 Å². The second-order valence-electron chi connectivity index (χ2n) is 7.03. The number of nitrogens with zero attached hydrogens (tertiary/aromatic N) is 3. The van der Waals surface area contributed by atoms with Gasteiger partial charge in [-0.05, 0) is 30.9 Å². The van der Waals surface area contributed by atoms with E-state index in [1.54, 1.807) is 22.9 Å². The van der Waals surface area contributed by atoms with Crippen molar-refractivity contribution in [3.63, 3.8) is 0 Å². The number of halogens is 2. The maximum atomic E-state index is 14.2. The van der Waals surface area contributed by atoms with Crippen LogP contribution in [0.3, 0.4) is 0 Å². The number of aromatic nitrogens is 2. The lowest BCUT2D eigenvalue weighted by molar-refractivity contribution is -0.122. The van der Waals surface area contributed by atoms with Crippen LogP contribution in [-0.4, -0.2) is 52.4 Å². The van der Waals surface area contributed by atoms with Crippen molar-refractivity contribution in [3.8, 4) is 0 Å². The number of alkyl halides is 2. The summed E-state index contributed by atoms with van der Waals surface area (Å²) < 4.78 is 35.6. The first-order chi connectivity index (χ1) is 12.0. The molecule has 1 atom stereocenters. The summed E-state index contributed by atoms with van der Waals surface area (Å²) in [4.78, 5) is 18.5. The Morgan fingerprint density at radius 3 is 2.92 bits per heavy atom. The fraction of sp³-hybridized carbons (Fsp3) is 0.556. The predicted octanol–water partition coefficient (Wildman–Crippen LogP) is 2.86. The standard InChI is InChI=1S/C18H21F2N3O2/c19-18(20)6-8-23(9-14(18)12-25-11-13-4-5-13)17(24)15-10-22-7-2-1-3-16(22)21-15/h1-3,7,10,13-14H,4-6,8-9,11-12H2. The van der Waals surface area contributed by atoms with Gasteiger partial charge in [-0.15, -0.1) is 0 Å². The van der Waals surface area contributed by atoms with Crippen LogP contribution in [0, 0.1) is 11.8 Å². The highest BCUT2D eigenvalue weighted by Gasteiger charge is 2.45. The zero-order valence-corrected chi connectivity index (χ0v) is 13.9. The topological polar surface area (TPSA) is 46.8 Å². The molecule has 2 aromatic rings. The normalized spacial score (nSPS) is 23.1. The summed E-state index contributed by atoms with van der Waals surface area (Å²) in [5, 5.41) is 0. The lowest BCUT2D eigenvalue weighted by Gasteiger charge is -2.38. The summed E-state index contributed by atoms with van der Waals surface area (Å²) in [5.41, 5.74) is 0.951. The molecule has 4 rings (SSSR count). The van der Waals surface area contributed by atoms with E-state index in [1.165, 1.54) is 4.90 Å². The molecule has 0 bridgehead atoms. The van der Waals surface area contributed by atoms with Gasteiger partial charge >= 0.3 is 0 Å². The highest BCUT2D eigenvalue weighted by Crippen LogP contribution is 2.35. The Bertz CT molecular complexity index is 740. The van der Waals surface area contributed by atoms with Crippen molar-refractivity contribution >= 4 is 11.6 Å². The minimum atomic E-state index is -2.79. The number of hydrogen-bond acceptors (Lipinski definition) is 3. The third-order valence-corrected chi connectivity index (χ3v) is 4.99. The molecule has 1 saturated heterocycles. The number of pyridine rings is 1. The Morgan fingerprint density at radius 1 is 1.32 bits per heavy atom. The minimum absolute atomic E-state index is 0.00154. The number of hydrogen-bond donors (Lipinski definition) is 0. The van der Waals surface area contributed by atoms with E-state index in [2.05, 4.69) is 4.98 Å². The summed E-state index contributed by atoms with van der Waals surface area (Å²) in [6.45, 7) is 0.592. The number of imidazole rings is 1. The number of likely N-dealkylation sites (tertiary alicyclic amines) is 1. The number of carbonyl (C=O) groups is 1. The molecule has 2 aromatic heterocycles. The van der Waals surface area contributed by atoms with E-state index < -0.39 is 11.8 Å². The third-order valence-electron chi connectivity index (χ3n) is 4.99. The van der Waals surface area contributed by atoms with E-state index in [-0.39, 0.29) is 37.7 Å². The molecule has 1 unspecified atom stereocenters. The van der Waals surface area contributed by atoms with Crippen LogP contribution >= 0.6 is 0 Å². The first-order valence-electron chi connectivity index (χ1n) is 8.71. The van der Waals surface area contributed by atoms with Gasteiger partial charge < -0.3 is 14.0 Å². The molecule has 2 fully saturated rings. The van der Waals surface area contributed by atoms with Gasteiger partial charge in [-0.1, -0.05) is 6.07 Å². The van der Waals surface area contributed by atoms with E-state index >= 15 is 0 Å². The Hall–Kier alpha value is -2.02. The molecule has 0 radical (unpaired) electrons. The molecular weight excluding hydrogens is 328 g/mol.